The van der Waals surface area contributed by atoms with E-state index in [2.05, 4.69) is 0 Å². The van der Waals surface area contributed by atoms with Gasteiger partial charge in [0.2, 0.25) is 0 Å². The van der Waals surface area contributed by atoms with Gasteiger partial charge < -0.3 is 4.74 Å². The molecule has 0 amide bonds. The molecule has 1 aromatic heterocycles. The van der Waals surface area contributed by atoms with E-state index in [1.807, 2.05) is 11.4 Å². The summed E-state index contributed by atoms with van der Waals surface area (Å²) >= 11 is 1.49. The first-order valence-corrected chi connectivity index (χ1v) is 5.36. The third-order valence-corrected chi connectivity index (χ3v) is 3.45. The van der Waals surface area contributed by atoms with Gasteiger partial charge in [-0.2, -0.15) is 0 Å². The summed E-state index contributed by atoms with van der Waals surface area (Å²) in [4.78, 5) is 12.6. The number of hydrogen-bond acceptors (Lipinski definition) is 3. The summed E-state index contributed by atoms with van der Waals surface area (Å²) in [5.41, 5.74) is 0. The molecule has 1 fully saturated rings. The van der Waals surface area contributed by atoms with Crippen LogP contribution >= 0.6 is 11.3 Å². The zero-order chi connectivity index (χ0) is 9.26. The third-order valence-electron chi connectivity index (χ3n) is 2.53. The molecule has 0 saturated heterocycles. The minimum Gasteiger partial charge on any atom is -0.496 e. The Morgan fingerprint density at radius 2 is 2.38 bits per heavy atom. The van der Waals surface area contributed by atoms with Crippen molar-refractivity contribution in [3.63, 3.8) is 0 Å². The molecule has 0 aromatic carbocycles. The summed E-state index contributed by atoms with van der Waals surface area (Å²) in [6, 6.07) is 1.84. The van der Waals surface area contributed by atoms with Gasteiger partial charge in [-0.3, -0.25) is 4.79 Å². The Labute approximate surface area is 81.5 Å². The average Bonchev–Trinajstić information content (AvgIpc) is 2.48. The third kappa shape index (κ3) is 1.61. The molecule has 0 N–H and O–H groups in total. The van der Waals surface area contributed by atoms with E-state index in [9.17, 15) is 4.79 Å². The first-order chi connectivity index (χ1) is 6.31. The molecule has 1 aromatic rings. The monoisotopic (exact) mass is 196 g/mol. The van der Waals surface area contributed by atoms with E-state index in [0.29, 0.717) is 11.7 Å². The van der Waals surface area contributed by atoms with Gasteiger partial charge in [0.25, 0.3) is 0 Å². The fraction of sp³-hybridized carbons (Fsp3) is 0.500. The van der Waals surface area contributed by atoms with Gasteiger partial charge in [0.15, 0.2) is 5.78 Å². The molecule has 1 heterocycles. The van der Waals surface area contributed by atoms with E-state index in [0.717, 1.165) is 23.5 Å². The highest BCUT2D eigenvalue weighted by molar-refractivity contribution is 7.12. The molecule has 2 rings (SSSR count). The lowest BCUT2D eigenvalue weighted by molar-refractivity contribution is 0.0859. The Bertz CT molecular complexity index is 312. The Hall–Kier alpha value is -0.830. The van der Waals surface area contributed by atoms with Crippen molar-refractivity contribution in [3.05, 3.63) is 16.3 Å². The van der Waals surface area contributed by atoms with E-state index in [4.69, 9.17) is 4.74 Å². The summed E-state index contributed by atoms with van der Waals surface area (Å²) in [6.45, 7) is 0. The van der Waals surface area contributed by atoms with Crippen molar-refractivity contribution < 1.29 is 9.53 Å². The molecule has 0 aliphatic heterocycles. The lowest BCUT2D eigenvalue weighted by atomic mass is 9.82. The van der Waals surface area contributed by atoms with Gasteiger partial charge in [0.05, 0.1) is 12.0 Å². The van der Waals surface area contributed by atoms with Gasteiger partial charge in [-0.15, -0.1) is 11.3 Å². The Kier molecular flexibility index (Phi) is 2.36. The van der Waals surface area contributed by atoms with Gasteiger partial charge in [0, 0.05) is 17.4 Å². The quantitative estimate of drug-likeness (QED) is 0.695. The maximum atomic E-state index is 11.7. The molecule has 0 bridgehead atoms. The second-order valence-corrected chi connectivity index (χ2v) is 4.25. The van der Waals surface area contributed by atoms with Crippen LogP contribution in [-0.4, -0.2) is 12.9 Å². The minimum atomic E-state index is 0.295. The van der Waals surface area contributed by atoms with Crippen molar-refractivity contribution in [1.29, 1.82) is 0 Å². The van der Waals surface area contributed by atoms with Crippen LogP contribution in [0.15, 0.2) is 11.4 Å². The van der Waals surface area contributed by atoms with Crippen LogP contribution in [0, 0.1) is 5.92 Å². The van der Waals surface area contributed by atoms with Gasteiger partial charge in [-0.1, -0.05) is 6.42 Å². The number of carbonyl (C=O) groups excluding carboxylic acids is 1. The first kappa shape index (κ1) is 8.75. The Morgan fingerprint density at radius 3 is 2.85 bits per heavy atom. The predicted octanol–water partition coefficient (Wildman–Crippen LogP) is 2.74. The largest absolute Gasteiger partial charge is 0.496 e. The fourth-order valence-electron chi connectivity index (χ4n) is 1.43. The van der Waals surface area contributed by atoms with Gasteiger partial charge in [-0.05, 0) is 12.8 Å². The first-order valence-electron chi connectivity index (χ1n) is 4.48. The number of thiophene rings is 1. The zero-order valence-electron chi connectivity index (χ0n) is 7.58. The predicted molar refractivity (Wildman–Crippen MR) is 52.5 cm³/mol. The standard InChI is InChI=1S/C10H12O2S/c1-12-8-5-9(13-6-8)10(11)7-3-2-4-7/h5-7H,2-4H2,1H3. The molecule has 13 heavy (non-hydrogen) atoms. The summed E-state index contributed by atoms with van der Waals surface area (Å²) in [7, 11) is 1.62. The van der Waals surface area contributed by atoms with Crippen LogP contribution in [0.1, 0.15) is 28.9 Å². The van der Waals surface area contributed by atoms with E-state index in [1.165, 1.54) is 17.8 Å². The molecular formula is C10H12O2S. The van der Waals surface area contributed by atoms with E-state index >= 15 is 0 Å². The SMILES string of the molecule is COc1csc(C(=O)C2CCC2)c1. The molecule has 1 aliphatic rings. The smallest absolute Gasteiger partial charge is 0.175 e. The second kappa shape index (κ2) is 3.50. The lowest BCUT2D eigenvalue weighted by Gasteiger charge is -2.22. The molecule has 70 valence electrons. The summed E-state index contributed by atoms with van der Waals surface area (Å²) < 4.78 is 5.03. The van der Waals surface area contributed by atoms with Crippen molar-refractivity contribution in [2.45, 2.75) is 19.3 Å². The number of hydrogen-bond donors (Lipinski definition) is 0. The van der Waals surface area contributed by atoms with Crippen molar-refractivity contribution in [2.24, 2.45) is 5.92 Å². The van der Waals surface area contributed by atoms with Crippen LogP contribution < -0.4 is 4.74 Å². The summed E-state index contributed by atoms with van der Waals surface area (Å²) in [5, 5.41) is 1.88. The number of rotatable bonds is 3. The Morgan fingerprint density at radius 1 is 1.62 bits per heavy atom. The molecule has 0 radical (unpaired) electrons. The molecule has 0 atom stereocenters. The molecule has 1 saturated carbocycles. The van der Waals surface area contributed by atoms with E-state index in [-0.39, 0.29) is 0 Å². The van der Waals surface area contributed by atoms with Crippen LogP contribution in [-0.2, 0) is 0 Å². The van der Waals surface area contributed by atoms with Crippen molar-refractivity contribution in [2.75, 3.05) is 7.11 Å². The number of Topliss-reactive ketones (excluding diaryl/α,β-unsaturated/α-hetero) is 1. The van der Waals surface area contributed by atoms with Crippen LogP contribution in [0.4, 0.5) is 0 Å². The van der Waals surface area contributed by atoms with Crippen molar-refractivity contribution in [1.82, 2.24) is 0 Å². The van der Waals surface area contributed by atoms with E-state index < -0.39 is 0 Å². The molecule has 3 heteroatoms. The average molecular weight is 196 g/mol. The summed E-state index contributed by atoms with van der Waals surface area (Å²) in [5.74, 6) is 1.40. The van der Waals surface area contributed by atoms with Gasteiger partial charge in [0.1, 0.15) is 5.75 Å². The zero-order valence-corrected chi connectivity index (χ0v) is 8.39. The number of methoxy groups -OCH3 is 1. The Balaban J connectivity index is 2.10. The number of carbonyl (C=O) groups is 1. The van der Waals surface area contributed by atoms with Crippen LogP contribution in [0.5, 0.6) is 5.75 Å². The topological polar surface area (TPSA) is 26.3 Å². The highest BCUT2D eigenvalue weighted by atomic mass is 32.1. The van der Waals surface area contributed by atoms with Gasteiger partial charge in [-0.25, -0.2) is 0 Å². The second-order valence-electron chi connectivity index (χ2n) is 3.34. The minimum absolute atomic E-state index is 0.295. The maximum absolute atomic E-state index is 11.7. The number of ether oxygens (including phenoxy) is 1. The highest BCUT2D eigenvalue weighted by Crippen LogP contribution is 2.32. The van der Waals surface area contributed by atoms with Crippen LogP contribution in [0.2, 0.25) is 0 Å². The van der Waals surface area contributed by atoms with Crippen LogP contribution in [0.3, 0.4) is 0 Å². The normalized spacial score (nSPS) is 16.7. The molecular weight excluding hydrogens is 184 g/mol. The van der Waals surface area contributed by atoms with Crippen LogP contribution in [0.25, 0.3) is 0 Å². The molecule has 0 unspecified atom stereocenters. The fourth-order valence-corrected chi connectivity index (χ4v) is 2.30. The van der Waals surface area contributed by atoms with E-state index in [1.54, 1.807) is 7.11 Å². The maximum Gasteiger partial charge on any atom is 0.175 e. The highest BCUT2D eigenvalue weighted by Gasteiger charge is 2.27. The van der Waals surface area contributed by atoms with Gasteiger partial charge >= 0.3 is 0 Å². The summed E-state index contributed by atoms with van der Waals surface area (Å²) in [6.07, 6.45) is 3.34. The van der Waals surface area contributed by atoms with Crippen molar-refractivity contribution in [3.8, 4) is 5.75 Å². The molecule has 1 aliphatic carbocycles. The van der Waals surface area contributed by atoms with Crippen molar-refractivity contribution >= 4 is 17.1 Å². The number of ketones is 1. The lowest BCUT2D eigenvalue weighted by Crippen LogP contribution is -2.20. The molecule has 0 spiro atoms. The molecule has 2 nitrogen and oxygen atoms in total.